The Balaban J connectivity index is 0. The molecule has 0 aliphatic heterocycles. The average Bonchev–Trinajstić information content (AvgIpc) is 0. The largest absolute Gasteiger partial charge is 2.00 e. The summed E-state index contributed by atoms with van der Waals surface area (Å²) < 4.78 is 0. The SMILES string of the molecule is [Ca+2].[Fe].[H-].[H-].[H-].[H-].[H-].[Mg+2].[Na+]. The minimum atomic E-state index is 0. The third-order valence-corrected chi connectivity index (χ3v) is 0. The van der Waals surface area contributed by atoms with E-state index >= 15 is 0 Å². The molecule has 0 heterocycles. The molecule has 0 radical (unpaired) electrons. The molecule has 0 N–H and O–H groups in total. The van der Waals surface area contributed by atoms with Crippen LogP contribution in [0.25, 0.3) is 0 Å². The quantitative estimate of drug-likeness (QED) is 0.318. The van der Waals surface area contributed by atoms with Crippen molar-refractivity contribution in [1.29, 1.82) is 0 Å². The van der Waals surface area contributed by atoms with Gasteiger partial charge in [-0.2, -0.15) is 0 Å². The van der Waals surface area contributed by atoms with Crippen LogP contribution in [0.4, 0.5) is 0 Å². The van der Waals surface area contributed by atoms with E-state index in [0.717, 1.165) is 0 Å². The molecule has 0 unspecified atom stereocenters. The third-order valence-electron chi connectivity index (χ3n) is 0. The first-order valence-corrected chi connectivity index (χ1v) is 0. The molecule has 0 aliphatic rings. The van der Waals surface area contributed by atoms with Crippen molar-refractivity contribution in [3.63, 3.8) is 0 Å². The second kappa shape index (κ2) is 16.0. The number of rotatable bonds is 0. The standard InChI is InChI=1S/Ca.Fe.Mg.Na.5H/q+2;;+2;+1;5*-1. The van der Waals surface area contributed by atoms with Gasteiger partial charge in [0, 0.05) is 17.1 Å². The predicted octanol–water partition coefficient (Wildman–Crippen LogP) is -3.20. The average molecular weight is 148 g/mol. The molecule has 0 saturated heterocycles. The van der Waals surface area contributed by atoms with Crippen molar-refractivity contribution in [1.82, 2.24) is 0 Å². The van der Waals surface area contributed by atoms with Crippen molar-refractivity contribution in [3.8, 4) is 0 Å². The first kappa shape index (κ1) is 25.7. The van der Waals surface area contributed by atoms with E-state index in [0.29, 0.717) is 0 Å². The smallest absolute Gasteiger partial charge is 1.00 e. The van der Waals surface area contributed by atoms with Gasteiger partial charge in [-0.15, -0.1) is 0 Å². The zero-order chi connectivity index (χ0) is 0. The van der Waals surface area contributed by atoms with Crippen LogP contribution in [0, 0.1) is 0 Å². The van der Waals surface area contributed by atoms with E-state index in [4.69, 9.17) is 0 Å². The van der Waals surface area contributed by atoms with Gasteiger partial charge in [-0.25, -0.2) is 0 Å². The van der Waals surface area contributed by atoms with Crippen molar-refractivity contribution in [2.45, 2.75) is 0 Å². The van der Waals surface area contributed by atoms with E-state index in [1.54, 1.807) is 0 Å². The summed E-state index contributed by atoms with van der Waals surface area (Å²) in [6, 6.07) is 0. The van der Waals surface area contributed by atoms with Gasteiger partial charge in [-0.1, -0.05) is 0 Å². The van der Waals surface area contributed by atoms with Crippen LogP contribution in [0.3, 0.4) is 0 Å². The molecule has 0 bridgehead atoms. The minimum Gasteiger partial charge on any atom is -1.00 e. The van der Waals surface area contributed by atoms with Gasteiger partial charge in [0.15, 0.2) is 0 Å². The molecule has 4 heteroatoms. The van der Waals surface area contributed by atoms with E-state index in [1.165, 1.54) is 0 Å². The molecule has 4 heavy (non-hydrogen) atoms. The van der Waals surface area contributed by atoms with Crippen LogP contribution in [-0.4, -0.2) is 60.8 Å². The van der Waals surface area contributed by atoms with Crippen molar-refractivity contribution < 1.29 is 53.8 Å². The molecule has 0 rings (SSSR count). The van der Waals surface area contributed by atoms with Gasteiger partial charge in [-0.05, 0) is 0 Å². The summed E-state index contributed by atoms with van der Waals surface area (Å²) in [5.41, 5.74) is 0. The van der Waals surface area contributed by atoms with Gasteiger partial charge in [0.25, 0.3) is 0 Å². The van der Waals surface area contributed by atoms with E-state index in [2.05, 4.69) is 0 Å². The molecule has 0 aliphatic carbocycles. The Hall–Kier alpha value is 3.55. The van der Waals surface area contributed by atoms with E-state index in [-0.39, 0.29) is 115 Å². The second-order valence-electron chi connectivity index (χ2n) is 0. The molecule has 0 spiro atoms. The fraction of sp³-hybridized carbons (Fsp3) is 0. The monoisotopic (exact) mass is 148 g/mol. The van der Waals surface area contributed by atoms with Crippen LogP contribution >= 0.6 is 0 Å². The molecule has 0 saturated carbocycles. The number of hydrogen-bond acceptors (Lipinski definition) is 0. The molecule has 0 aromatic heterocycles. The molecule has 18 valence electrons. The molecule has 0 nitrogen and oxygen atoms in total. The molecule has 0 amide bonds. The van der Waals surface area contributed by atoms with E-state index in [1.807, 2.05) is 0 Å². The topological polar surface area (TPSA) is 0 Å². The Morgan fingerprint density at radius 1 is 1.25 bits per heavy atom. The first-order valence-electron chi connectivity index (χ1n) is 0. The van der Waals surface area contributed by atoms with Gasteiger partial charge in [0.05, 0.1) is 0 Å². The number of hydrogen-bond donors (Lipinski definition) is 0. The van der Waals surface area contributed by atoms with Gasteiger partial charge in [0.2, 0.25) is 0 Å². The van der Waals surface area contributed by atoms with Crippen LogP contribution in [-0.2, 0) is 17.1 Å². The summed E-state index contributed by atoms with van der Waals surface area (Å²) >= 11 is 0. The summed E-state index contributed by atoms with van der Waals surface area (Å²) in [6.07, 6.45) is 0. The van der Waals surface area contributed by atoms with Crippen LogP contribution < -0.4 is 29.6 Å². The summed E-state index contributed by atoms with van der Waals surface area (Å²) in [6.45, 7) is 0. The van der Waals surface area contributed by atoms with Crippen LogP contribution in [0.5, 0.6) is 0 Å². The fourth-order valence-electron chi connectivity index (χ4n) is 0. The van der Waals surface area contributed by atoms with Gasteiger partial charge >= 0.3 is 90.3 Å². The zero-order valence-corrected chi connectivity index (χ0v) is 9.49. The van der Waals surface area contributed by atoms with Crippen LogP contribution in [0.15, 0.2) is 0 Å². The van der Waals surface area contributed by atoms with Crippen molar-refractivity contribution in [2.24, 2.45) is 0 Å². The summed E-state index contributed by atoms with van der Waals surface area (Å²) in [5.74, 6) is 0. The first-order chi connectivity index (χ1) is 0. The molecule has 0 fully saturated rings. The summed E-state index contributed by atoms with van der Waals surface area (Å²) in [5, 5.41) is 0. The Bertz CT molecular complexity index is 16.9. The van der Waals surface area contributed by atoms with Crippen molar-refractivity contribution in [3.05, 3.63) is 0 Å². The Morgan fingerprint density at radius 3 is 1.25 bits per heavy atom. The molecule has 0 aromatic carbocycles. The maximum atomic E-state index is 0. The predicted molar refractivity (Wildman–Crippen MR) is 17.1 cm³/mol. The van der Waals surface area contributed by atoms with Crippen molar-refractivity contribution in [2.75, 3.05) is 0 Å². The van der Waals surface area contributed by atoms with Gasteiger partial charge in [0.1, 0.15) is 0 Å². The Kier molecular flexibility index (Phi) is 103. The molecule has 0 atom stereocenters. The molecular formula is H5CaFeMgNa. The molecular weight excluding hydrogens is 143 g/mol. The fourth-order valence-corrected chi connectivity index (χ4v) is 0. The van der Waals surface area contributed by atoms with Gasteiger partial charge < -0.3 is 7.13 Å². The third kappa shape index (κ3) is 9.11. The van der Waals surface area contributed by atoms with Crippen molar-refractivity contribution >= 4 is 60.8 Å². The van der Waals surface area contributed by atoms with E-state index < -0.39 is 0 Å². The summed E-state index contributed by atoms with van der Waals surface area (Å²) in [7, 11) is 0. The maximum Gasteiger partial charge on any atom is 2.00 e. The Labute approximate surface area is 112 Å². The second-order valence-corrected chi connectivity index (χ2v) is 0. The van der Waals surface area contributed by atoms with Crippen LogP contribution in [0.2, 0.25) is 0 Å². The Morgan fingerprint density at radius 2 is 1.25 bits per heavy atom. The maximum absolute atomic E-state index is 0. The van der Waals surface area contributed by atoms with Gasteiger partial charge in [-0.3, -0.25) is 0 Å². The minimum absolute atomic E-state index is 0. The molecule has 0 aromatic rings. The zero-order valence-electron chi connectivity index (χ0n) is 7.77. The normalized spacial score (nSPS) is 0. The summed E-state index contributed by atoms with van der Waals surface area (Å²) in [4.78, 5) is 0. The van der Waals surface area contributed by atoms with Crippen LogP contribution in [0.1, 0.15) is 7.13 Å². The van der Waals surface area contributed by atoms with E-state index in [9.17, 15) is 0 Å².